The molecule has 7 nitrogen and oxygen atoms in total. The van der Waals surface area contributed by atoms with Crippen LogP contribution >= 0.6 is 0 Å². The number of carboxylic acids is 1. The van der Waals surface area contributed by atoms with Crippen molar-refractivity contribution in [1.82, 2.24) is 9.97 Å². The Morgan fingerprint density at radius 1 is 1.21 bits per heavy atom. The largest absolute Gasteiger partial charge is 0.492 e. The van der Waals surface area contributed by atoms with Crippen LogP contribution in [0, 0.1) is 18.8 Å². The maximum absolute atomic E-state index is 12.9. The second-order valence-corrected chi connectivity index (χ2v) is 8.98. The van der Waals surface area contributed by atoms with E-state index < -0.39 is 18.1 Å². The molecule has 1 saturated carbocycles. The van der Waals surface area contributed by atoms with Gasteiger partial charge in [0.1, 0.15) is 11.9 Å². The Labute approximate surface area is 195 Å². The van der Waals surface area contributed by atoms with Gasteiger partial charge in [-0.3, -0.25) is 9.97 Å². The highest BCUT2D eigenvalue weighted by Crippen LogP contribution is 2.39. The van der Waals surface area contributed by atoms with Crippen LogP contribution in [-0.2, 0) is 4.74 Å². The highest BCUT2D eigenvalue weighted by atomic mass is 19.4. The fourth-order valence-corrected chi connectivity index (χ4v) is 4.57. The molecule has 2 fully saturated rings. The van der Waals surface area contributed by atoms with Crippen LogP contribution < -0.4 is 9.64 Å². The van der Waals surface area contributed by atoms with Crippen LogP contribution in [0.5, 0.6) is 5.75 Å². The first-order valence-corrected chi connectivity index (χ1v) is 11.4. The lowest BCUT2D eigenvalue weighted by molar-refractivity contribution is -0.184. The fraction of sp³-hybridized carbons (Fsp3) is 0.542. The van der Waals surface area contributed by atoms with Crippen LogP contribution in [0.15, 0.2) is 30.7 Å². The van der Waals surface area contributed by atoms with Crippen LogP contribution in [0.3, 0.4) is 0 Å². The quantitative estimate of drug-likeness (QED) is 0.637. The Morgan fingerprint density at radius 2 is 1.97 bits per heavy atom. The average Bonchev–Trinajstić information content (AvgIpc) is 2.82. The number of nitrogens with zero attached hydrogens (tertiary/aromatic N) is 3. The third kappa shape index (κ3) is 5.78. The van der Waals surface area contributed by atoms with Crippen molar-refractivity contribution in [1.29, 1.82) is 0 Å². The van der Waals surface area contributed by atoms with Crippen molar-refractivity contribution in [2.45, 2.75) is 44.9 Å². The number of ether oxygens (including phenoxy) is 2. The third-order valence-electron chi connectivity index (χ3n) is 6.62. The third-order valence-corrected chi connectivity index (χ3v) is 6.62. The van der Waals surface area contributed by atoms with Gasteiger partial charge < -0.3 is 19.5 Å². The minimum absolute atomic E-state index is 0.109. The first-order valence-electron chi connectivity index (χ1n) is 11.4. The first-order chi connectivity index (χ1) is 16.2. The van der Waals surface area contributed by atoms with Crippen LogP contribution in [0.4, 0.5) is 18.9 Å². The molecule has 1 N–H and O–H groups in total. The Bertz CT molecular complexity index is 1010. The van der Waals surface area contributed by atoms with Gasteiger partial charge in [-0.2, -0.15) is 13.2 Å². The maximum atomic E-state index is 12.9. The van der Waals surface area contributed by atoms with Crippen molar-refractivity contribution in [2.75, 3.05) is 31.2 Å². The number of morpholine rings is 1. The minimum atomic E-state index is -4.10. The van der Waals surface area contributed by atoms with Crippen molar-refractivity contribution in [3.63, 3.8) is 0 Å². The van der Waals surface area contributed by atoms with Gasteiger partial charge in [0.05, 0.1) is 55.0 Å². The molecule has 1 aliphatic heterocycles. The summed E-state index contributed by atoms with van der Waals surface area (Å²) in [4.78, 5) is 21.9. The Balaban J connectivity index is 1.35. The van der Waals surface area contributed by atoms with E-state index in [1.54, 1.807) is 25.4 Å². The van der Waals surface area contributed by atoms with Gasteiger partial charge in [0.15, 0.2) is 0 Å². The number of anilines is 1. The Hall–Kier alpha value is -2.88. The summed E-state index contributed by atoms with van der Waals surface area (Å²) in [6, 6.07) is 3.62. The number of rotatable bonds is 6. The second kappa shape index (κ2) is 10.2. The van der Waals surface area contributed by atoms with Crippen LogP contribution in [0.25, 0.3) is 0 Å². The highest BCUT2D eigenvalue weighted by Gasteiger charge is 2.41. The number of aryl methyl sites for hydroxylation is 1. The van der Waals surface area contributed by atoms with Crippen LogP contribution in [-0.4, -0.2) is 53.5 Å². The van der Waals surface area contributed by atoms with Gasteiger partial charge in [-0.15, -0.1) is 0 Å². The van der Waals surface area contributed by atoms with Gasteiger partial charge in [-0.05, 0) is 50.2 Å². The molecule has 1 aliphatic carbocycles. The lowest BCUT2D eigenvalue weighted by Gasteiger charge is -2.34. The zero-order valence-corrected chi connectivity index (χ0v) is 18.9. The zero-order chi connectivity index (χ0) is 24.3. The summed E-state index contributed by atoms with van der Waals surface area (Å²) >= 11 is 0. The molecule has 34 heavy (non-hydrogen) atoms. The molecule has 2 aromatic heterocycles. The summed E-state index contributed by atoms with van der Waals surface area (Å²) in [5.74, 6) is -1.52. The summed E-state index contributed by atoms with van der Waals surface area (Å²) in [5, 5.41) is 9.21. The molecular weight excluding hydrogens is 451 g/mol. The van der Waals surface area contributed by atoms with E-state index >= 15 is 0 Å². The molecule has 3 heterocycles. The van der Waals surface area contributed by atoms with E-state index in [4.69, 9.17) is 9.47 Å². The number of pyridine rings is 2. The summed E-state index contributed by atoms with van der Waals surface area (Å²) in [5.41, 5.74) is 2.31. The molecule has 0 bridgehead atoms. The van der Waals surface area contributed by atoms with E-state index in [1.165, 1.54) is 6.20 Å². The monoisotopic (exact) mass is 479 g/mol. The summed E-state index contributed by atoms with van der Waals surface area (Å²) in [6.07, 6.45) is 1.61. The van der Waals surface area contributed by atoms with Gasteiger partial charge in [-0.1, -0.05) is 0 Å². The number of carbonyl (C=O) groups is 1. The lowest BCUT2D eigenvalue weighted by atomic mass is 9.82. The number of carboxylic acid groups (broad SMARTS) is 1. The standard InChI is InChI=1S/C24H28F3N3O4/c1-15-8-21(29-12-20(15)23(31)32)22-13-30(6-7-33-22)18-9-19(11-28-10-18)34-14-16-2-4-17(5-3-16)24(25,26)27/h8-12,16-17,22H,2-7,13-14H2,1H3,(H,31,32)/t16-,17-,22?. The minimum Gasteiger partial charge on any atom is -0.492 e. The zero-order valence-electron chi connectivity index (χ0n) is 18.9. The van der Waals surface area contributed by atoms with Gasteiger partial charge in [0.25, 0.3) is 0 Å². The lowest BCUT2D eigenvalue weighted by Crippen LogP contribution is -2.38. The van der Waals surface area contributed by atoms with Gasteiger partial charge in [0.2, 0.25) is 0 Å². The summed E-state index contributed by atoms with van der Waals surface area (Å²) in [6.45, 7) is 3.75. The molecule has 0 spiro atoms. The van der Waals surface area contributed by atoms with Crippen LogP contribution in [0.1, 0.15) is 53.4 Å². The Kier molecular flexibility index (Phi) is 7.25. The molecule has 0 aromatic carbocycles. The summed E-state index contributed by atoms with van der Waals surface area (Å²) < 4.78 is 50.4. The molecule has 2 aliphatic rings. The first kappa shape index (κ1) is 24.3. The molecular formula is C24H28F3N3O4. The van der Waals surface area contributed by atoms with E-state index in [1.807, 2.05) is 6.07 Å². The average molecular weight is 479 g/mol. The molecule has 4 rings (SSSR count). The highest BCUT2D eigenvalue weighted by molar-refractivity contribution is 5.88. The number of hydrogen-bond acceptors (Lipinski definition) is 6. The maximum Gasteiger partial charge on any atom is 0.391 e. The van der Waals surface area contributed by atoms with Crippen molar-refractivity contribution < 1.29 is 32.5 Å². The number of alkyl halides is 3. The predicted molar refractivity (Wildman–Crippen MR) is 118 cm³/mol. The SMILES string of the molecule is Cc1cc(C2CN(c3cncc(OC[C@H]4CC[C@H](C(F)(F)F)CC4)c3)CCO2)ncc1C(=O)O. The second-order valence-electron chi connectivity index (χ2n) is 8.98. The van der Waals surface area contributed by atoms with E-state index in [0.29, 0.717) is 56.2 Å². The van der Waals surface area contributed by atoms with Crippen molar-refractivity contribution in [3.8, 4) is 5.75 Å². The van der Waals surface area contributed by atoms with E-state index in [-0.39, 0.29) is 30.4 Å². The number of aromatic nitrogens is 2. The van der Waals surface area contributed by atoms with E-state index in [2.05, 4.69) is 14.9 Å². The normalized spacial score (nSPS) is 23.5. The van der Waals surface area contributed by atoms with Gasteiger partial charge >= 0.3 is 12.1 Å². The molecule has 2 aromatic rings. The van der Waals surface area contributed by atoms with E-state index in [0.717, 1.165) is 5.69 Å². The number of halogens is 3. The van der Waals surface area contributed by atoms with Crippen molar-refractivity contribution in [2.24, 2.45) is 11.8 Å². The molecule has 0 amide bonds. The molecule has 1 unspecified atom stereocenters. The molecule has 10 heteroatoms. The van der Waals surface area contributed by atoms with Crippen molar-refractivity contribution in [3.05, 3.63) is 47.5 Å². The number of hydrogen-bond donors (Lipinski definition) is 1. The summed E-state index contributed by atoms with van der Waals surface area (Å²) in [7, 11) is 0. The molecule has 184 valence electrons. The Morgan fingerprint density at radius 3 is 2.65 bits per heavy atom. The van der Waals surface area contributed by atoms with Gasteiger partial charge in [-0.25, -0.2) is 4.79 Å². The molecule has 1 atom stereocenters. The number of aromatic carboxylic acids is 1. The molecule has 1 saturated heterocycles. The topological polar surface area (TPSA) is 84.8 Å². The van der Waals surface area contributed by atoms with E-state index in [9.17, 15) is 23.1 Å². The fourth-order valence-electron chi connectivity index (χ4n) is 4.57. The predicted octanol–water partition coefficient (Wildman–Crippen LogP) is 4.81. The molecule has 0 radical (unpaired) electrons. The van der Waals surface area contributed by atoms with Crippen LogP contribution in [0.2, 0.25) is 0 Å². The van der Waals surface area contributed by atoms with Crippen molar-refractivity contribution >= 4 is 11.7 Å². The smallest absolute Gasteiger partial charge is 0.391 e. The van der Waals surface area contributed by atoms with Gasteiger partial charge in [0, 0.05) is 18.8 Å².